The lowest BCUT2D eigenvalue weighted by Gasteiger charge is -2.23. The van der Waals surface area contributed by atoms with Crippen LogP contribution in [0.5, 0.6) is 5.75 Å². The lowest BCUT2D eigenvalue weighted by atomic mass is 9.89. The summed E-state index contributed by atoms with van der Waals surface area (Å²) in [6, 6.07) is 5.56. The van der Waals surface area contributed by atoms with E-state index >= 15 is 0 Å². The molecule has 0 bridgehead atoms. The molecule has 116 valence electrons. The standard InChI is InChI=1S/C17H24ClNO2/c1-12-8-9-15(18)16(10-12)21-13(2)17(20)19-11-14-6-4-3-5-7-14/h8-10,13-14H,3-7,11H2,1-2H3,(H,19,20)/t13-/m1/s1. The maximum absolute atomic E-state index is 12.1. The number of benzene rings is 1. The Balaban J connectivity index is 1.82. The summed E-state index contributed by atoms with van der Waals surface area (Å²) >= 11 is 6.09. The molecule has 0 saturated heterocycles. The Hall–Kier alpha value is -1.22. The molecule has 0 aromatic heterocycles. The number of halogens is 1. The third-order valence-electron chi connectivity index (χ3n) is 4.05. The van der Waals surface area contributed by atoms with Crippen LogP contribution in [-0.4, -0.2) is 18.6 Å². The highest BCUT2D eigenvalue weighted by Gasteiger charge is 2.19. The normalized spacial score (nSPS) is 17.3. The molecule has 0 spiro atoms. The van der Waals surface area contributed by atoms with Crippen molar-refractivity contribution in [1.82, 2.24) is 5.32 Å². The molecule has 0 radical (unpaired) electrons. The molecule has 1 aromatic rings. The van der Waals surface area contributed by atoms with Crippen LogP contribution >= 0.6 is 11.6 Å². The third kappa shape index (κ3) is 4.92. The molecule has 1 atom stereocenters. The van der Waals surface area contributed by atoms with E-state index in [0.717, 1.165) is 12.1 Å². The maximum Gasteiger partial charge on any atom is 0.260 e. The minimum Gasteiger partial charge on any atom is -0.479 e. The first-order valence-corrected chi connectivity index (χ1v) is 8.14. The number of amides is 1. The Kier molecular flexibility index (Phi) is 5.92. The van der Waals surface area contributed by atoms with Gasteiger partial charge in [0, 0.05) is 6.54 Å². The molecule has 1 amide bonds. The predicted molar refractivity (Wildman–Crippen MR) is 85.9 cm³/mol. The Bertz CT molecular complexity index is 484. The van der Waals surface area contributed by atoms with E-state index in [4.69, 9.17) is 16.3 Å². The molecule has 1 N–H and O–H groups in total. The molecule has 1 fully saturated rings. The molecule has 1 aromatic carbocycles. The van der Waals surface area contributed by atoms with Crippen LogP contribution in [0.1, 0.15) is 44.6 Å². The van der Waals surface area contributed by atoms with Gasteiger partial charge in [0.2, 0.25) is 0 Å². The number of carbonyl (C=O) groups excluding carboxylic acids is 1. The van der Waals surface area contributed by atoms with Crippen LogP contribution in [0.4, 0.5) is 0 Å². The number of nitrogens with one attached hydrogen (secondary N) is 1. The second kappa shape index (κ2) is 7.69. The fourth-order valence-corrected chi connectivity index (χ4v) is 2.89. The Morgan fingerprint density at radius 3 is 2.81 bits per heavy atom. The fourth-order valence-electron chi connectivity index (χ4n) is 2.72. The van der Waals surface area contributed by atoms with E-state index in [1.807, 2.05) is 19.1 Å². The zero-order valence-electron chi connectivity index (χ0n) is 12.8. The van der Waals surface area contributed by atoms with Gasteiger partial charge in [0.05, 0.1) is 5.02 Å². The maximum atomic E-state index is 12.1. The number of rotatable bonds is 5. The van der Waals surface area contributed by atoms with Gasteiger partial charge in [0.25, 0.3) is 5.91 Å². The SMILES string of the molecule is Cc1ccc(Cl)c(O[C@H](C)C(=O)NCC2CCCCC2)c1. The summed E-state index contributed by atoms with van der Waals surface area (Å²) in [5, 5.41) is 3.53. The van der Waals surface area contributed by atoms with Crippen molar-refractivity contribution in [3.05, 3.63) is 28.8 Å². The fraction of sp³-hybridized carbons (Fsp3) is 0.588. The summed E-state index contributed by atoms with van der Waals surface area (Å²) in [5.41, 5.74) is 1.06. The van der Waals surface area contributed by atoms with Gasteiger partial charge < -0.3 is 10.1 Å². The molecular weight excluding hydrogens is 286 g/mol. The van der Waals surface area contributed by atoms with Crippen molar-refractivity contribution in [3.8, 4) is 5.75 Å². The summed E-state index contributed by atoms with van der Waals surface area (Å²) in [4.78, 5) is 12.1. The van der Waals surface area contributed by atoms with E-state index in [1.54, 1.807) is 13.0 Å². The number of aryl methyl sites for hydroxylation is 1. The van der Waals surface area contributed by atoms with E-state index in [0.29, 0.717) is 16.7 Å². The van der Waals surface area contributed by atoms with Crippen LogP contribution in [0.2, 0.25) is 5.02 Å². The van der Waals surface area contributed by atoms with Crippen LogP contribution in [-0.2, 0) is 4.79 Å². The van der Waals surface area contributed by atoms with Crippen LogP contribution in [0, 0.1) is 12.8 Å². The smallest absolute Gasteiger partial charge is 0.260 e. The Labute approximate surface area is 132 Å². The zero-order chi connectivity index (χ0) is 15.2. The monoisotopic (exact) mass is 309 g/mol. The quantitative estimate of drug-likeness (QED) is 0.889. The van der Waals surface area contributed by atoms with E-state index in [-0.39, 0.29) is 5.91 Å². The van der Waals surface area contributed by atoms with Crippen molar-refractivity contribution < 1.29 is 9.53 Å². The van der Waals surface area contributed by atoms with E-state index < -0.39 is 6.10 Å². The molecule has 3 nitrogen and oxygen atoms in total. The molecule has 0 unspecified atom stereocenters. The Morgan fingerprint density at radius 1 is 1.38 bits per heavy atom. The molecular formula is C17H24ClNO2. The molecule has 0 aliphatic heterocycles. The van der Waals surface area contributed by atoms with Crippen molar-refractivity contribution in [2.45, 2.75) is 52.1 Å². The summed E-state index contributed by atoms with van der Waals surface area (Å²) in [5.74, 6) is 1.12. The number of hydrogen-bond acceptors (Lipinski definition) is 2. The van der Waals surface area contributed by atoms with Crippen LogP contribution in [0.15, 0.2) is 18.2 Å². The summed E-state index contributed by atoms with van der Waals surface area (Å²) in [6.45, 7) is 4.49. The summed E-state index contributed by atoms with van der Waals surface area (Å²) < 4.78 is 5.68. The summed E-state index contributed by atoms with van der Waals surface area (Å²) in [6.07, 6.45) is 5.80. The molecule has 4 heteroatoms. The second-order valence-corrected chi connectivity index (χ2v) is 6.35. The first kappa shape index (κ1) is 16.2. The predicted octanol–water partition coefficient (Wildman–Crippen LogP) is 4.11. The number of carbonyl (C=O) groups is 1. The van der Waals surface area contributed by atoms with Gasteiger partial charge in [-0.25, -0.2) is 0 Å². The first-order valence-electron chi connectivity index (χ1n) is 7.77. The average molecular weight is 310 g/mol. The van der Waals surface area contributed by atoms with Gasteiger partial charge in [-0.3, -0.25) is 4.79 Å². The molecule has 0 heterocycles. The Morgan fingerprint density at radius 2 is 2.10 bits per heavy atom. The third-order valence-corrected chi connectivity index (χ3v) is 4.36. The minimum absolute atomic E-state index is 0.0712. The highest BCUT2D eigenvalue weighted by molar-refractivity contribution is 6.32. The molecule has 1 aliphatic carbocycles. The van der Waals surface area contributed by atoms with Gasteiger partial charge in [-0.1, -0.05) is 36.9 Å². The highest BCUT2D eigenvalue weighted by atomic mass is 35.5. The minimum atomic E-state index is -0.534. The zero-order valence-corrected chi connectivity index (χ0v) is 13.6. The molecule has 1 aliphatic rings. The van der Waals surface area contributed by atoms with Gasteiger partial charge in [-0.15, -0.1) is 0 Å². The van der Waals surface area contributed by atoms with Crippen molar-refractivity contribution in [2.75, 3.05) is 6.54 Å². The average Bonchev–Trinajstić information content (AvgIpc) is 2.49. The lowest BCUT2D eigenvalue weighted by molar-refractivity contribution is -0.127. The number of ether oxygens (including phenoxy) is 1. The van der Waals surface area contributed by atoms with Gasteiger partial charge in [0.15, 0.2) is 6.10 Å². The molecule has 2 rings (SSSR count). The van der Waals surface area contributed by atoms with E-state index in [9.17, 15) is 4.79 Å². The van der Waals surface area contributed by atoms with Gasteiger partial charge in [0.1, 0.15) is 5.75 Å². The van der Waals surface area contributed by atoms with Crippen molar-refractivity contribution in [1.29, 1.82) is 0 Å². The highest BCUT2D eigenvalue weighted by Crippen LogP contribution is 2.26. The molecule has 21 heavy (non-hydrogen) atoms. The first-order chi connectivity index (χ1) is 10.1. The van der Waals surface area contributed by atoms with E-state index in [1.165, 1.54) is 32.1 Å². The van der Waals surface area contributed by atoms with Crippen LogP contribution in [0.3, 0.4) is 0 Å². The second-order valence-electron chi connectivity index (χ2n) is 5.94. The molecule has 1 saturated carbocycles. The topological polar surface area (TPSA) is 38.3 Å². The van der Waals surface area contributed by atoms with Gasteiger partial charge in [-0.05, 0) is 50.3 Å². The van der Waals surface area contributed by atoms with E-state index in [2.05, 4.69) is 5.32 Å². The largest absolute Gasteiger partial charge is 0.479 e. The summed E-state index contributed by atoms with van der Waals surface area (Å²) in [7, 11) is 0. The van der Waals surface area contributed by atoms with Gasteiger partial charge in [-0.2, -0.15) is 0 Å². The lowest BCUT2D eigenvalue weighted by Crippen LogP contribution is -2.39. The van der Waals surface area contributed by atoms with Crippen molar-refractivity contribution in [2.24, 2.45) is 5.92 Å². The van der Waals surface area contributed by atoms with Crippen LogP contribution in [0.25, 0.3) is 0 Å². The van der Waals surface area contributed by atoms with Crippen LogP contribution < -0.4 is 10.1 Å². The van der Waals surface area contributed by atoms with Crippen molar-refractivity contribution >= 4 is 17.5 Å². The van der Waals surface area contributed by atoms with Crippen molar-refractivity contribution in [3.63, 3.8) is 0 Å². The van der Waals surface area contributed by atoms with Gasteiger partial charge >= 0.3 is 0 Å². The number of hydrogen-bond donors (Lipinski definition) is 1.